The maximum absolute atomic E-state index is 12.8. The summed E-state index contributed by atoms with van der Waals surface area (Å²) in [7, 11) is 1.57. The van der Waals surface area contributed by atoms with Gasteiger partial charge in [-0.05, 0) is 30.7 Å². The Morgan fingerprint density at radius 3 is 2.52 bits per heavy atom. The molecule has 0 radical (unpaired) electrons. The molecule has 3 rings (SSSR count). The summed E-state index contributed by atoms with van der Waals surface area (Å²) in [6.45, 7) is 2.54. The van der Waals surface area contributed by atoms with E-state index in [2.05, 4.69) is 0 Å². The van der Waals surface area contributed by atoms with Crippen LogP contribution >= 0.6 is 11.6 Å². The summed E-state index contributed by atoms with van der Waals surface area (Å²) < 4.78 is 5.35. The fraction of sp³-hybridized carbons (Fsp3) is 0.333. The number of halogens is 1. The van der Waals surface area contributed by atoms with Gasteiger partial charge in [-0.3, -0.25) is 9.59 Å². The molecule has 0 saturated carbocycles. The van der Waals surface area contributed by atoms with Gasteiger partial charge in [0.1, 0.15) is 5.75 Å². The van der Waals surface area contributed by atoms with Gasteiger partial charge in [0.25, 0.3) is 0 Å². The van der Waals surface area contributed by atoms with Crippen LogP contribution < -0.4 is 4.74 Å². The number of hydrogen-bond donors (Lipinski definition) is 1. The Morgan fingerprint density at radius 2 is 1.89 bits per heavy atom. The van der Waals surface area contributed by atoms with Gasteiger partial charge in [-0.25, -0.2) is 0 Å². The fourth-order valence-electron chi connectivity index (χ4n) is 3.63. The monoisotopic (exact) mass is 387 g/mol. The highest BCUT2D eigenvalue weighted by Crippen LogP contribution is 2.34. The molecule has 5 nitrogen and oxygen atoms in total. The molecule has 1 heterocycles. The van der Waals surface area contributed by atoms with Gasteiger partial charge in [-0.1, -0.05) is 41.4 Å². The number of methoxy groups -OCH3 is 1. The Morgan fingerprint density at radius 1 is 1.19 bits per heavy atom. The number of amides is 1. The second-order valence-electron chi connectivity index (χ2n) is 6.89. The van der Waals surface area contributed by atoms with Gasteiger partial charge >= 0.3 is 5.97 Å². The lowest BCUT2D eigenvalue weighted by atomic mass is 9.89. The van der Waals surface area contributed by atoms with Crippen LogP contribution in [0.2, 0.25) is 5.02 Å². The summed E-state index contributed by atoms with van der Waals surface area (Å²) in [6, 6.07) is 12.9. The molecule has 2 atom stereocenters. The van der Waals surface area contributed by atoms with E-state index >= 15 is 0 Å². The molecule has 1 saturated heterocycles. The number of benzene rings is 2. The molecule has 1 amide bonds. The predicted molar refractivity (Wildman–Crippen MR) is 103 cm³/mol. The third-order valence-corrected chi connectivity index (χ3v) is 5.32. The lowest BCUT2D eigenvalue weighted by molar-refractivity contribution is -0.141. The molecule has 0 unspecified atom stereocenters. The number of nitrogens with zero attached hydrogens (tertiary/aromatic N) is 1. The van der Waals surface area contributed by atoms with Crippen LogP contribution in [0, 0.1) is 12.8 Å². The largest absolute Gasteiger partial charge is 0.496 e. The van der Waals surface area contributed by atoms with E-state index < -0.39 is 11.9 Å². The number of carbonyl (C=O) groups excluding carboxylic acids is 1. The summed E-state index contributed by atoms with van der Waals surface area (Å²) in [6.07, 6.45) is 0.185. The zero-order chi connectivity index (χ0) is 19.6. The number of likely N-dealkylation sites (tertiary alicyclic amines) is 1. The molecular formula is C21H22ClNO4. The van der Waals surface area contributed by atoms with E-state index in [1.54, 1.807) is 24.1 Å². The highest BCUT2D eigenvalue weighted by atomic mass is 35.5. The van der Waals surface area contributed by atoms with Gasteiger partial charge in [0.2, 0.25) is 5.91 Å². The molecule has 0 spiro atoms. The van der Waals surface area contributed by atoms with E-state index in [0.717, 1.165) is 16.7 Å². The number of aryl methyl sites for hydroxylation is 1. The second-order valence-corrected chi connectivity index (χ2v) is 7.33. The number of ether oxygens (including phenoxy) is 1. The second kappa shape index (κ2) is 8.01. The Balaban J connectivity index is 1.79. The average Bonchev–Trinajstić information content (AvgIpc) is 3.08. The van der Waals surface area contributed by atoms with E-state index in [4.69, 9.17) is 16.3 Å². The average molecular weight is 388 g/mol. The van der Waals surface area contributed by atoms with E-state index in [9.17, 15) is 14.7 Å². The summed E-state index contributed by atoms with van der Waals surface area (Å²) in [4.78, 5) is 26.2. The van der Waals surface area contributed by atoms with Gasteiger partial charge in [0.05, 0.1) is 19.4 Å². The van der Waals surface area contributed by atoms with Crippen LogP contribution in [0.5, 0.6) is 5.75 Å². The van der Waals surface area contributed by atoms with Crippen LogP contribution in [0.25, 0.3) is 0 Å². The van der Waals surface area contributed by atoms with Gasteiger partial charge in [-0.15, -0.1) is 0 Å². The third kappa shape index (κ3) is 4.25. The van der Waals surface area contributed by atoms with E-state index in [0.29, 0.717) is 17.3 Å². The number of carbonyl (C=O) groups is 2. The summed E-state index contributed by atoms with van der Waals surface area (Å²) in [5, 5.41) is 10.2. The van der Waals surface area contributed by atoms with E-state index in [1.807, 2.05) is 37.3 Å². The molecular weight excluding hydrogens is 366 g/mol. The first-order valence-corrected chi connectivity index (χ1v) is 9.16. The van der Waals surface area contributed by atoms with Crippen molar-refractivity contribution in [3.05, 3.63) is 64.2 Å². The van der Waals surface area contributed by atoms with Crippen molar-refractivity contribution in [1.82, 2.24) is 4.90 Å². The van der Waals surface area contributed by atoms with Gasteiger partial charge in [-0.2, -0.15) is 0 Å². The molecule has 0 aliphatic carbocycles. The Labute approximate surface area is 163 Å². The predicted octanol–water partition coefficient (Wildman–Crippen LogP) is 3.53. The normalized spacial score (nSPS) is 19.1. The summed E-state index contributed by atoms with van der Waals surface area (Å²) >= 11 is 5.94. The maximum atomic E-state index is 12.8. The SMILES string of the molecule is COc1ccc(C)cc1CC(=O)N1C[C@@H](C(=O)O)[C@H](c2ccc(Cl)cc2)C1. The first-order chi connectivity index (χ1) is 12.9. The zero-order valence-electron chi connectivity index (χ0n) is 15.3. The third-order valence-electron chi connectivity index (χ3n) is 5.07. The lowest BCUT2D eigenvalue weighted by Gasteiger charge is -2.18. The minimum Gasteiger partial charge on any atom is -0.496 e. The Kier molecular flexibility index (Phi) is 5.71. The van der Waals surface area contributed by atoms with Crippen LogP contribution in [0.3, 0.4) is 0 Å². The lowest BCUT2D eigenvalue weighted by Crippen LogP contribution is -2.31. The molecule has 1 aliphatic rings. The van der Waals surface area contributed by atoms with Crippen molar-refractivity contribution in [1.29, 1.82) is 0 Å². The number of carboxylic acid groups (broad SMARTS) is 1. The van der Waals surface area contributed by atoms with E-state index in [-0.39, 0.29) is 24.8 Å². The fourth-order valence-corrected chi connectivity index (χ4v) is 3.75. The van der Waals surface area contributed by atoms with Crippen LogP contribution in [0.4, 0.5) is 0 Å². The molecule has 1 aliphatic heterocycles. The highest BCUT2D eigenvalue weighted by Gasteiger charge is 2.40. The van der Waals surface area contributed by atoms with E-state index in [1.165, 1.54) is 0 Å². The van der Waals surface area contributed by atoms with Crippen molar-refractivity contribution >= 4 is 23.5 Å². The smallest absolute Gasteiger partial charge is 0.308 e. The van der Waals surface area contributed by atoms with Gasteiger partial charge in [0.15, 0.2) is 0 Å². The molecule has 27 heavy (non-hydrogen) atoms. The van der Waals surface area contributed by atoms with Crippen molar-refractivity contribution < 1.29 is 19.4 Å². The first-order valence-electron chi connectivity index (χ1n) is 8.78. The topological polar surface area (TPSA) is 66.8 Å². The van der Waals surface area contributed by atoms with Crippen LogP contribution in [-0.4, -0.2) is 42.1 Å². The summed E-state index contributed by atoms with van der Waals surface area (Å²) in [5.74, 6) is -1.20. The molecule has 0 bridgehead atoms. The molecule has 2 aromatic rings. The number of rotatable bonds is 5. The minimum absolute atomic E-state index is 0.0957. The molecule has 1 N–H and O–H groups in total. The molecule has 0 aromatic heterocycles. The van der Waals surface area contributed by atoms with Crippen LogP contribution in [0.1, 0.15) is 22.6 Å². The Hall–Kier alpha value is -2.53. The zero-order valence-corrected chi connectivity index (χ0v) is 16.1. The quantitative estimate of drug-likeness (QED) is 0.852. The molecule has 2 aromatic carbocycles. The Bertz CT molecular complexity index is 850. The minimum atomic E-state index is -0.890. The van der Waals surface area contributed by atoms with Crippen molar-refractivity contribution in [2.75, 3.05) is 20.2 Å². The molecule has 1 fully saturated rings. The summed E-state index contributed by atoms with van der Waals surface area (Å²) in [5.41, 5.74) is 2.74. The van der Waals surface area contributed by atoms with Gasteiger partial charge in [0, 0.05) is 29.6 Å². The van der Waals surface area contributed by atoms with Crippen LogP contribution in [0.15, 0.2) is 42.5 Å². The van der Waals surface area contributed by atoms with Crippen LogP contribution in [-0.2, 0) is 16.0 Å². The van der Waals surface area contributed by atoms with Crippen molar-refractivity contribution in [3.63, 3.8) is 0 Å². The first kappa shape index (κ1) is 19.2. The standard InChI is InChI=1S/C21H22ClNO4/c1-13-3-8-19(27-2)15(9-13)10-20(24)23-11-17(18(12-23)21(25)26)14-4-6-16(22)7-5-14/h3-9,17-18H,10-12H2,1-2H3,(H,25,26)/t17-,18+/m0/s1. The van der Waals surface area contributed by atoms with Gasteiger partial charge < -0.3 is 14.7 Å². The number of aliphatic carboxylic acids is 1. The van der Waals surface area contributed by atoms with Crippen molar-refractivity contribution in [2.24, 2.45) is 5.92 Å². The number of carboxylic acids is 1. The van der Waals surface area contributed by atoms with Crippen molar-refractivity contribution in [2.45, 2.75) is 19.3 Å². The molecule has 142 valence electrons. The highest BCUT2D eigenvalue weighted by molar-refractivity contribution is 6.30. The maximum Gasteiger partial charge on any atom is 0.308 e. The number of hydrogen-bond acceptors (Lipinski definition) is 3. The molecule has 6 heteroatoms. The van der Waals surface area contributed by atoms with Crippen molar-refractivity contribution in [3.8, 4) is 5.75 Å².